The normalized spacial score (nSPS) is 33.6. The Morgan fingerprint density at radius 2 is 1.89 bits per heavy atom. The van der Waals surface area contributed by atoms with Crippen molar-refractivity contribution in [2.75, 3.05) is 6.61 Å². The van der Waals surface area contributed by atoms with Gasteiger partial charge in [-0.3, -0.25) is 0 Å². The van der Waals surface area contributed by atoms with Crippen molar-refractivity contribution < 1.29 is 23.7 Å². The number of nitrogens with zero attached hydrogens (tertiary/aromatic N) is 3. The Bertz CT molecular complexity index is 720. The summed E-state index contributed by atoms with van der Waals surface area (Å²) in [5, 5.41) is 14.7. The number of benzene rings is 1. The molecule has 0 radical (unpaired) electrons. The lowest BCUT2D eigenvalue weighted by Gasteiger charge is -2.49. The summed E-state index contributed by atoms with van der Waals surface area (Å²) in [6, 6.07) is 8.61. The largest absolute Gasteiger partial charge is 0.392 e. The Balaban J connectivity index is 1.80. The lowest BCUT2D eigenvalue weighted by molar-refractivity contribution is -0.333. The van der Waals surface area contributed by atoms with Gasteiger partial charge in [-0.2, -0.15) is 0 Å². The molecule has 2 saturated heterocycles. The van der Waals surface area contributed by atoms with E-state index in [0.717, 1.165) is 5.56 Å². The number of ether oxygens (including phenoxy) is 3. The Labute approximate surface area is 166 Å². The third kappa shape index (κ3) is 4.26. The van der Waals surface area contributed by atoms with E-state index in [1.807, 2.05) is 30.3 Å². The van der Waals surface area contributed by atoms with Crippen LogP contribution < -0.4 is 0 Å². The molecule has 9 heteroatoms. The summed E-state index contributed by atoms with van der Waals surface area (Å²) in [6.07, 6.45) is -3.68. The Hall–Kier alpha value is -1.45. The van der Waals surface area contributed by atoms with E-state index in [2.05, 4.69) is 43.9 Å². The zero-order valence-electron chi connectivity index (χ0n) is 17.0. The van der Waals surface area contributed by atoms with Crippen LogP contribution in [0.5, 0.6) is 0 Å². The number of azide groups is 1. The van der Waals surface area contributed by atoms with Crippen molar-refractivity contribution in [1.82, 2.24) is 0 Å². The van der Waals surface area contributed by atoms with Gasteiger partial charge in [0.05, 0.1) is 12.7 Å². The maximum absolute atomic E-state index is 10.9. The average molecular weight is 408 g/mol. The van der Waals surface area contributed by atoms with Gasteiger partial charge in [0.15, 0.2) is 20.9 Å². The summed E-state index contributed by atoms with van der Waals surface area (Å²) in [7, 11) is -2.22. The number of aliphatic hydroxyl groups excluding tert-OH is 1. The molecule has 2 aliphatic heterocycles. The number of aliphatic hydroxyl groups is 1. The average Bonchev–Trinajstić information content (AvgIpc) is 2.64. The van der Waals surface area contributed by atoms with E-state index < -0.39 is 45.3 Å². The van der Waals surface area contributed by atoms with E-state index in [0.29, 0.717) is 0 Å². The summed E-state index contributed by atoms with van der Waals surface area (Å²) in [5.41, 5.74) is 9.87. The van der Waals surface area contributed by atoms with Crippen molar-refractivity contribution in [3.05, 3.63) is 46.3 Å². The molecule has 154 valence electrons. The second kappa shape index (κ2) is 8.12. The Kier molecular flexibility index (Phi) is 6.16. The van der Waals surface area contributed by atoms with Crippen LogP contribution in [0.25, 0.3) is 10.4 Å². The second-order valence-electron chi connectivity index (χ2n) is 8.78. The number of hydrogen-bond acceptors (Lipinski definition) is 6. The van der Waals surface area contributed by atoms with Crippen LogP contribution in [-0.2, 0) is 18.6 Å². The number of hydrogen-bond donors (Lipinski definition) is 1. The van der Waals surface area contributed by atoms with E-state index in [1.165, 1.54) is 0 Å². The van der Waals surface area contributed by atoms with Gasteiger partial charge in [-0.1, -0.05) is 56.2 Å². The van der Waals surface area contributed by atoms with E-state index in [-0.39, 0.29) is 11.6 Å². The lowest BCUT2D eigenvalue weighted by atomic mass is 9.96. The minimum absolute atomic E-state index is 0.0585. The van der Waals surface area contributed by atoms with Crippen LogP contribution >= 0.6 is 0 Å². The fourth-order valence-corrected chi connectivity index (χ4v) is 4.23. The SMILES string of the molecule is CC(C)(C)[Si](C)(C)O[C@@H]1OC2COC(c3ccccc3)O[C@@H]2[C@H](O)C1N=[N+]=[N-]. The highest BCUT2D eigenvalue weighted by Crippen LogP contribution is 2.41. The zero-order valence-corrected chi connectivity index (χ0v) is 18.0. The molecule has 6 atom stereocenters. The quantitative estimate of drug-likeness (QED) is 0.353. The molecule has 0 aliphatic carbocycles. The van der Waals surface area contributed by atoms with E-state index in [1.54, 1.807) is 0 Å². The molecule has 28 heavy (non-hydrogen) atoms. The van der Waals surface area contributed by atoms with Gasteiger partial charge in [-0.25, -0.2) is 0 Å². The molecule has 3 rings (SSSR count). The standard InChI is InChI=1S/C19H29N3O5Si/c1-19(2,3)28(4,5)27-18-14(21-22-20)15(23)16-13(25-18)11-24-17(26-16)12-9-7-6-8-10-12/h6-10,13-18,23H,11H2,1-5H3/t13?,14?,15-,16+,17?,18+/m1/s1. The first-order chi connectivity index (χ1) is 13.1. The summed E-state index contributed by atoms with van der Waals surface area (Å²) in [6.45, 7) is 10.8. The molecular weight excluding hydrogens is 378 g/mol. The highest BCUT2D eigenvalue weighted by Gasteiger charge is 2.52. The van der Waals surface area contributed by atoms with E-state index in [4.69, 9.17) is 24.2 Å². The molecular formula is C19H29N3O5Si. The Morgan fingerprint density at radius 1 is 1.21 bits per heavy atom. The van der Waals surface area contributed by atoms with Crippen LogP contribution in [0.1, 0.15) is 32.6 Å². The molecule has 3 unspecified atom stereocenters. The smallest absolute Gasteiger partial charge is 0.195 e. The molecule has 1 aromatic carbocycles. The molecule has 2 aliphatic rings. The van der Waals surface area contributed by atoms with Gasteiger partial charge >= 0.3 is 0 Å². The van der Waals surface area contributed by atoms with Gasteiger partial charge in [0.2, 0.25) is 0 Å². The van der Waals surface area contributed by atoms with Gasteiger partial charge in [0.1, 0.15) is 18.2 Å². The van der Waals surface area contributed by atoms with Crippen LogP contribution in [0.15, 0.2) is 35.4 Å². The monoisotopic (exact) mass is 407 g/mol. The van der Waals surface area contributed by atoms with Crippen LogP contribution in [0.4, 0.5) is 0 Å². The summed E-state index contributed by atoms with van der Waals surface area (Å²) >= 11 is 0. The third-order valence-electron chi connectivity index (χ3n) is 5.81. The van der Waals surface area contributed by atoms with Gasteiger partial charge in [-0.15, -0.1) is 0 Å². The Morgan fingerprint density at radius 3 is 2.50 bits per heavy atom. The summed E-state index contributed by atoms with van der Waals surface area (Å²) in [4.78, 5) is 2.90. The highest BCUT2D eigenvalue weighted by molar-refractivity contribution is 6.74. The van der Waals surface area contributed by atoms with Crippen molar-refractivity contribution in [3.8, 4) is 0 Å². The summed E-state index contributed by atoms with van der Waals surface area (Å²) < 4.78 is 24.2. The number of rotatable bonds is 4. The van der Waals surface area contributed by atoms with Gasteiger partial charge in [0.25, 0.3) is 0 Å². The van der Waals surface area contributed by atoms with Gasteiger partial charge in [-0.05, 0) is 23.7 Å². The molecule has 0 bridgehead atoms. The van der Waals surface area contributed by atoms with Gasteiger partial charge < -0.3 is 23.7 Å². The fourth-order valence-electron chi connectivity index (χ4n) is 3.10. The molecule has 1 aromatic rings. The van der Waals surface area contributed by atoms with Gasteiger partial charge in [0, 0.05) is 10.5 Å². The first-order valence-electron chi connectivity index (χ1n) is 9.51. The molecule has 2 fully saturated rings. The van der Waals surface area contributed by atoms with Crippen LogP contribution in [0.3, 0.4) is 0 Å². The minimum atomic E-state index is -2.22. The maximum atomic E-state index is 10.9. The topological polar surface area (TPSA) is 106 Å². The zero-order chi connectivity index (χ0) is 20.5. The molecule has 2 heterocycles. The van der Waals surface area contributed by atoms with Crippen molar-refractivity contribution in [2.24, 2.45) is 5.11 Å². The highest BCUT2D eigenvalue weighted by atomic mass is 28.4. The second-order valence-corrected chi connectivity index (χ2v) is 13.5. The molecule has 0 aromatic heterocycles. The van der Waals surface area contributed by atoms with E-state index >= 15 is 0 Å². The first-order valence-corrected chi connectivity index (χ1v) is 12.4. The molecule has 0 spiro atoms. The van der Waals surface area contributed by atoms with Crippen molar-refractivity contribution in [1.29, 1.82) is 0 Å². The molecule has 1 N–H and O–H groups in total. The van der Waals surface area contributed by atoms with E-state index in [9.17, 15) is 5.11 Å². The lowest BCUT2D eigenvalue weighted by Crippen LogP contribution is -2.63. The van der Waals surface area contributed by atoms with Crippen LogP contribution in [0, 0.1) is 0 Å². The maximum Gasteiger partial charge on any atom is 0.195 e. The predicted molar refractivity (Wildman–Crippen MR) is 106 cm³/mol. The first kappa shape index (κ1) is 21.3. The minimum Gasteiger partial charge on any atom is -0.392 e. The third-order valence-corrected chi connectivity index (χ3v) is 10.2. The van der Waals surface area contributed by atoms with Crippen LogP contribution in [0.2, 0.25) is 18.1 Å². The fraction of sp³-hybridized carbons (Fsp3) is 0.684. The van der Waals surface area contributed by atoms with Crippen molar-refractivity contribution >= 4 is 8.32 Å². The molecule has 0 amide bonds. The van der Waals surface area contributed by atoms with Crippen molar-refractivity contribution in [2.45, 2.75) is 75.8 Å². The predicted octanol–water partition coefficient (Wildman–Crippen LogP) is 3.89. The van der Waals surface area contributed by atoms with Crippen molar-refractivity contribution in [3.63, 3.8) is 0 Å². The summed E-state index contributed by atoms with van der Waals surface area (Å²) in [5.74, 6) is 0. The molecule has 0 saturated carbocycles. The molecule has 8 nitrogen and oxygen atoms in total. The number of fused-ring (bicyclic) bond motifs is 1. The van der Waals surface area contributed by atoms with Crippen LogP contribution in [-0.4, -0.2) is 50.7 Å².